The van der Waals surface area contributed by atoms with Crippen LogP contribution in [-0.2, 0) is 4.79 Å². The molecule has 0 bridgehead atoms. The Morgan fingerprint density at radius 1 is 0.897 bits per heavy atom. The molecule has 0 spiro atoms. The van der Waals surface area contributed by atoms with Gasteiger partial charge in [0.05, 0.1) is 43.6 Å². The predicted octanol–water partition coefficient (Wildman–Crippen LogP) is -4.22. The van der Waals surface area contributed by atoms with Gasteiger partial charge < -0.3 is 51.0 Å². The fourth-order valence-electron chi connectivity index (χ4n) is 3.07. The number of carbonyl (C=O) groups excluding carboxylic acids is 1. The number of likely N-dealkylation sites (tertiary alicyclic amines) is 1. The second kappa shape index (κ2) is 15.1. The van der Waals surface area contributed by atoms with E-state index in [2.05, 4.69) is 5.32 Å². The molecule has 0 unspecified atom stereocenters. The normalized spacial score (nSPS) is 37.6. The van der Waals surface area contributed by atoms with Crippen LogP contribution < -0.4 is 5.32 Å². The topological polar surface area (TPSA) is 194 Å². The molecule has 11 heteroatoms. The van der Waals surface area contributed by atoms with Gasteiger partial charge in [-0.3, -0.25) is 4.90 Å². The Hall–Kier alpha value is -0.730. The minimum Gasteiger partial charge on any atom is -0.395 e. The molecule has 11 nitrogen and oxygen atoms in total. The number of hydrogen-bond donors (Lipinski definition) is 9. The van der Waals surface area contributed by atoms with E-state index in [0.29, 0.717) is 19.5 Å². The summed E-state index contributed by atoms with van der Waals surface area (Å²) in [4.78, 5) is 11.0. The zero-order valence-corrected chi connectivity index (χ0v) is 17.1. The van der Waals surface area contributed by atoms with E-state index in [0.717, 1.165) is 12.7 Å². The molecule has 2 saturated heterocycles. The predicted molar refractivity (Wildman–Crippen MR) is 104 cm³/mol. The van der Waals surface area contributed by atoms with Crippen molar-refractivity contribution in [2.75, 3.05) is 32.8 Å². The van der Waals surface area contributed by atoms with Crippen LogP contribution in [0.15, 0.2) is 0 Å². The number of nitrogens with one attached hydrogen (secondary N) is 1. The first-order valence-corrected chi connectivity index (χ1v) is 9.91. The summed E-state index contributed by atoms with van der Waals surface area (Å²) in [7, 11) is 0. The molecule has 0 amide bonds. The molecule has 0 saturated carbocycles. The van der Waals surface area contributed by atoms with Crippen LogP contribution in [0.25, 0.3) is 0 Å². The largest absolute Gasteiger partial charge is 0.395 e. The smallest absolute Gasteiger partial charge is 0.119 e. The van der Waals surface area contributed by atoms with Crippen molar-refractivity contribution in [3.05, 3.63) is 0 Å². The first kappa shape index (κ1) is 28.3. The minimum absolute atomic E-state index is 0.198. The average Bonchev–Trinajstić information content (AvgIpc) is 2.72. The molecule has 2 aliphatic rings. The zero-order chi connectivity index (χ0) is 22.6. The number of hydrogen-bond acceptors (Lipinski definition) is 11. The highest BCUT2D eigenvalue weighted by Crippen LogP contribution is 2.18. The number of β-amino-alcohol motifs (C(OH)–C–C–N with tert-alkyl or cyclic N) is 2. The van der Waals surface area contributed by atoms with Crippen molar-refractivity contribution in [2.45, 2.75) is 75.4 Å². The molecular formula is C18H38N2O9. The second-order valence-corrected chi connectivity index (χ2v) is 7.11. The summed E-state index contributed by atoms with van der Waals surface area (Å²) in [5, 5.41) is 76.1. The highest BCUT2D eigenvalue weighted by Gasteiger charge is 2.40. The number of aldehydes is 1. The fraction of sp³-hybridized carbons (Fsp3) is 0.944. The Bertz CT molecular complexity index is 430. The van der Waals surface area contributed by atoms with Crippen LogP contribution in [-0.4, -0.2) is 134 Å². The van der Waals surface area contributed by atoms with Crippen LogP contribution in [0.1, 0.15) is 26.7 Å². The SMILES string of the molecule is CCC=O.CCCN1C[C@H](O)[C@@H](O)[C@H](O)[C@H]1CO.OC[C@H]1NC[C@H](O)[C@@H](O)[C@@H]1O. The molecule has 2 aliphatic heterocycles. The first-order valence-electron chi connectivity index (χ1n) is 9.91. The number of nitrogens with zero attached hydrogens (tertiary/aromatic N) is 1. The van der Waals surface area contributed by atoms with Crippen molar-refractivity contribution in [1.29, 1.82) is 0 Å². The Balaban J connectivity index is 0.000000466. The monoisotopic (exact) mass is 426 g/mol. The third kappa shape index (κ3) is 8.89. The summed E-state index contributed by atoms with van der Waals surface area (Å²) >= 11 is 0. The third-order valence-corrected chi connectivity index (χ3v) is 4.84. The average molecular weight is 427 g/mol. The fourth-order valence-corrected chi connectivity index (χ4v) is 3.07. The van der Waals surface area contributed by atoms with Gasteiger partial charge in [-0.05, 0) is 13.0 Å². The van der Waals surface area contributed by atoms with Crippen LogP contribution >= 0.6 is 0 Å². The summed E-state index contributed by atoms with van der Waals surface area (Å²) in [6, 6.07) is -0.998. The molecule has 174 valence electrons. The van der Waals surface area contributed by atoms with E-state index >= 15 is 0 Å². The summed E-state index contributed by atoms with van der Waals surface area (Å²) in [5.74, 6) is 0. The van der Waals surface area contributed by atoms with Crippen molar-refractivity contribution < 1.29 is 45.6 Å². The van der Waals surface area contributed by atoms with Gasteiger partial charge in [-0.25, -0.2) is 0 Å². The van der Waals surface area contributed by atoms with E-state index < -0.39 is 48.7 Å². The van der Waals surface area contributed by atoms with Crippen LogP contribution in [0.2, 0.25) is 0 Å². The molecule has 2 heterocycles. The van der Waals surface area contributed by atoms with E-state index in [1.54, 1.807) is 0 Å². The second-order valence-electron chi connectivity index (χ2n) is 7.11. The molecule has 0 aromatic rings. The number of piperidine rings is 2. The minimum atomic E-state index is -1.16. The van der Waals surface area contributed by atoms with Gasteiger partial charge in [0.2, 0.25) is 0 Å². The van der Waals surface area contributed by atoms with Crippen molar-refractivity contribution in [3.8, 4) is 0 Å². The molecule has 2 rings (SSSR count). The molecule has 0 aromatic carbocycles. The molecule has 8 atom stereocenters. The van der Waals surface area contributed by atoms with Gasteiger partial charge in [-0.1, -0.05) is 13.8 Å². The van der Waals surface area contributed by atoms with Crippen molar-refractivity contribution in [1.82, 2.24) is 10.2 Å². The lowest BCUT2D eigenvalue weighted by molar-refractivity contribution is -0.144. The maximum Gasteiger partial charge on any atom is 0.119 e. The summed E-state index contributed by atoms with van der Waals surface area (Å²) in [6.45, 7) is 4.55. The standard InChI is InChI=1S/C9H19NO4.C6H13NO4.C3H6O/c1-2-3-10-4-7(12)9(14)8(13)6(10)5-11;8-2-3-5(10)6(11)4(9)1-7-3;1-2-3-4/h6-9,11-14H,2-5H2,1H3;3-11H,1-2H2;3H,2H2,1H3/t6-,7+,8-,9-;3-,4+,5-,6-;/m11./s1. The number of aliphatic hydroxyl groups is 8. The van der Waals surface area contributed by atoms with Crippen LogP contribution in [0.3, 0.4) is 0 Å². The van der Waals surface area contributed by atoms with Gasteiger partial charge >= 0.3 is 0 Å². The Morgan fingerprint density at radius 2 is 1.45 bits per heavy atom. The van der Waals surface area contributed by atoms with Gasteiger partial charge in [-0.15, -0.1) is 0 Å². The zero-order valence-electron chi connectivity index (χ0n) is 17.1. The van der Waals surface area contributed by atoms with E-state index in [1.807, 2.05) is 18.7 Å². The highest BCUT2D eigenvalue weighted by atomic mass is 16.4. The number of carbonyl (C=O) groups is 1. The summed E-state index contributed by atoms with van der Waals surface area (Å²) < 4.78 is 0. The maximum absolute atomic E-state index is 9.59. The molecule has 0 aliphatic carbocycles. The Morgan fingerprint density at radius 3 is 1.90 bits per heavy atom. The third-order valence-electron chi connectivity index (χ3n) is 4.84. The summed E-state index contributed by atoms with van der Waals surface area (Å²) in [6.07, 6.45) is -3.97. The van der Waals surface area contributed by atoms with Crippen molar-refractivity contribution in [2.24, 2.45) is 0 Å². The number of aliphatic hydroxyl groups excluding tert-OH is 8. The lowest BCUT2D eigenvalue weighted by atomic mass is 9.94. The van der Waals surface area contributed by atoms with Gasteiger partial charge in [0, 0.05) is 19.5 Å². The molecular weight excluding hydrogens is 388 g/mol. The maximum atomic E-state index is 9.59. The quantitative estimate of drug-likeness (QED) is 0.193. The molecule has 29 heavy (non-hydrogen) atoms. The van der Waals surface area contributed by atoms with Crippen molar-refractivity contribution in [3.63, 3.8) is 0 Å². The van der Waals surface area contributed by atoms with Crippen molar-refractivity contribution >= 4 is 6.29 Å². The first-order chi connectivity index (χ1) is 13.7. The molecule has 2 fully saturated rings. The van der Waals surface area contributed by atoms with Gasteiger partial charge in [-0.2, -0.15) is 0 Å². The Kier molecular flexibility index (Phi) is 14.7. The van der Waals surface area contributed by atoms with Crippen LogP contribution in [0.4, 0.5) is 0 Å². The molecule has 0 aromatic heterocycles. The van der Waals surface area contributed by atoms with Crippen LogP contribution in [0.5, 0.6) is 0 Å². The van der Waals surface area contributed by atoms with Gasteiger partial charge in [0.25, 0.3) is 0 Å². The van der Waals surface area contributed by atoms with Gasteiger partial charge in [0.1, 0.15) is 24.6 Å². The highest BCUT2D eigenvalue weighted by molar-refractivity contribution is 5.48. The van der Waals surface area contributed by atoms with E-state index in [9.17, 15) is 25.2 Å². The molecule has 9 N–H and O–H groups in total. The summed E-state index contributed by atoms with van der Waals surface area (Å²) in [5.41, 5.74) is 0. The Labute approximate surface area is 171 Å². The lowest BCUT2D eigenvalue weighted by Crippen LogP contribution is -2.62. The number of rotatable bonds is 5. The van der Waals surface area contributed by atoms with E-state index in [4.69, 9.17) is 20.4 Å². The van der Waals surface area contributed by atoms with Crippen LogP contribution in [0, 0.1) is 0 Å². The molecule has 0 radical (unpaired) electrons. The van der Waals surface area contributed by atoms with E-state index in [-0.39, 0.29) is 19.8 Å². The van der Waals surface area contributed by atoms with Gasteiger partial charge in [0.15, 0.2) is 0 Å². The lowest BCUT2D eigenvalue weighted by Gasteiger charge is -2.43. The van der Waals surface area contributed by atoms with E-state index in [1.165, 1.54) is 0 Å².